The lowest BCUT2D eigenvalue weighted by molar-refractivity contribution is 0.0746. The number of nitrogens with zero attached hydrogens (tertiary/aromatic N) is 1. The van der Waals surface area contributed by atoms with Crippen LogP contribution in [-0.4, -0.2) is 17.4 Å². The highest BCUT2D eigenvalue weighted by molar-refractivity contribution is 9.10. The van der Waals surface area contributed by atoms with Gasteiger partial charge in [-0.05, 0) is 40.5 Å². The Balaban J connectivity index is 1.76. The zero-order valence-electron chi connectivity index (χ0n) is 15.4. The average molecular weight is 430 g/mol. The molecule has 0 saturated heterocycles. The van der Waals surface area contributed by atoms with Gasteiger partial charge in [0.15, 0.2) is 0 Å². The minimum atomic E-state index is -0.184. The number of carbonyl (C=O) groups is 1. The molecule has 1 amide bonds. The minimum absolute atomic E-state index is 0.0217. The van der Waals surface area contributed by atoms with Gasteiger partial charge in [-0.3, -0.25) is 4.79 Å². The third kappa shape index (κ3) is 3.46. The minimum Gasteiger partial charge on any atom is -0.324 e. The Labute approximate surface area is 174 Å². The highest BCUT2D eigenvalue weighted by atomic mass is 79.9. The molecule has 0 radical (unpaired) electrons. The molecule has 0 fully saturated rings. The molecule has 1 unspecified atom stereocenters. The van der Waals surface area contributed by atoms with Crippen LogP contribution in [0.25, 0.3) is 5.57 Å². The molecule has 1 aliphatic heterocycles. The van der Waals surface area contributed by atoms with E-state index in [0.717, 1.165) is 26.7 Å². The SMILES string of the molecule is C=C(C1=CCN(C(=O)c2ccccc2)C1c1ccccc1Br)c1ccccc1. The van der Waals surface area contributed by atoms with Crippen molar-refractivity contribution < 1.29 is 4.79 Å². The van der Waals surface area contributed by atoms with Gasteiger partial charge in [0.2, 0.25) is 0 Å². The molecule has 0 N–H and O–H groups in total. The summed E-state index contributed by atoms with van der Waals surface area (Å²) in [7, 11) is 0. The van der Waals surface area contributed by atoms with Crippen LogP contribution in [0.1, 0.15) is 27.5 Å². The highest BCUT2D eigenvalue weighted by Crippen LogP contribution is 2.43. The van der Waals surface area contributed by atoms with E-state index in [1.807, 2.05) is 71.6 Å². The van der Waals surface area contributed by atoms with Gasteiger partial charge in [0.05, 0.1) is 6.04 Å². The second kappa shape index (κ2) is 7.99. The summed E-state index contributed by atoms with van der Waals surface area (Å²) < 4.78 is 0.986. The van der Waals surface area contributed by atoms with E-state index in [0.29, 0.717) is 12.1 Å². The Bertz CT molecular complexity index is 1040. The van der Waals surface area contributed by atoms with Gasteiger partial charge in [0, 0.05) is 16.6 Å². The van der Waals surface area contributed by atoms with Crippen molar-refractivity contribution in [3.8, 4) is 0 Å². The lowest BCUT2D eigenvalue weighted by Gasteiger charge is -2.29. The van der Waals surface area contributed by atoms with E-state index < -0.39 is 0 Å². The van der Waals surface area contributed by atoms with Crippen LogP contribution in [0, 0.1) is 0 Å². The van der Waals surface area contributed by atoms with Crippen molar-refractivity contribution in [2.75, 3.05) is 6.54 Å². The number of rotatable bonds is 4. The van der Waals surface area contributed by atoms with E-state index in [1.54, 1.807) is 0 Å². The maximum absolute atomic E-state index is 13.3. The van der Waals surface area contributed by atoms with E-state index in [1.165, 1.54) is 0 Å². The van der Waals surface area contributed by atoms with Gasteiger partial charge in [0.25, 0.3) is 5.91 Å². The zero-order valence-corrected chi connectivity index (χ0v) is 17.0. The molecule has 4 rings (SSSR count). The predicted octanol–water partition coefficient (Wildman–Crippen LogP) is 6.29. The topological polar surface area (TPSA) is 20.3 Å². The lowest BCUT2D eigenvalue weighted by atomic mass is 9.90. The fraction of sp³-hybridized carbons (Fsp3) is 0.0800. The first-order valence-corrected chi connectivity index (χ1v) is 10.0. The van der Waals surface area contributed by atoms with Crippen LogP contribution >= 0.6 is 15.9 Å². The molecule has 138 valence electrons. The van der Waals surface area contributed by atoms with Crippen molar-refractivity contribution >= 4 is 27.4 Å². The van der Waals surface area contributed by atoms with E-state index >= 15 is 0 Å². The van der Waals surface area contributed by atoms with Crippen LogP contribution in [0.15, 0.2) is 108 Å². The van der Waals surface area contributed by atoms with Crippen molar-refractivity contribution in [3.05, 3.63) is 124 Å². The van der Waals surface area contributed by atoms with Crippen LogP contribution in [0.5, 0.6) is 0 Å². The first kappa shape index (κ1) is 18.5. The van der Waals surface area contributed by atoms with Gasteiger partial charge in [-0.15, -0.1) is 0 Å². The van der Waals surface area contributed by atoms with Gasteiger partial charge < -0.3 is 4.90 Å². The fourth-order valence-corrected chi connectivity index (χ4v) is 4.16. The quantitative estimate of drug-likeness (QED) is 0.477. The fourth-order valence-electron chi connectivity index (χ4n) is 3.65. The summed E-state index contributed by atoms with van der Waals surface area (Å²) in [5, 5.41) is 0. The maximum atomic E-state index is 13.3. The molecule has 0 aliphatic carbocycles. The number of hydrogen-bond donors (Lipinski definition) is 0. The lowest BCUT2D eigenvalue weighted by Crippen LogP contribution is -2.32. The molecule has 1 aliphatic rings. The van der Waals surface area contributed by atoms with Gasteiger partial charge in [0.1, 0.15) is 0 Å². The average Bonchev–Trinajstić information content (AvgIpc) is 3.19. The molecule has 0 aromatic heterocycles. The number of amides is 1. The molecule has 3 aromatic carbocycles. The van der Waals surface area contributed by atoms with Crippen LogP contribution in [0.2, 0.25) is 0 Å². The third-order valence-electron chi connectivity index (χ3n) is 5.07. The Hall–Kier alpha value is -2.91. The maximum Gasteiger partial charge on any atom is 0.254 e. The Morgan fingerprint density at radius 3 is 2.07 bits per heavy atom. The van der Waals surface area contributed by atoms with E-state index in [-0.39, 0.29) is 11.9 Å². The van der Waals surface area contributed by atoms with Crippen molar-refractivity contribution in [1.29, 1.82) is 0 Å². The molecule has 28 heavy (non-hydrogen) atoms. The summed E-state index contributed by atoms with van der Waals surface area (Å²) in [6.45, 7) is 4.91. The number of halogens is 1. The van der Waals surface area contributed by atoms with Crippen LogP contribution in [0.3, 0.4) is 0 Å². The second-order valence-corrected chi connectivity index (χ2v) is 7.61. The summed E-state index contributed by atoms with van der Waals surface area (Å²) in [6, 6.07) is 27.5. The summed E-state index contributed by atoms with van der Waals surface area (Å²) in [5.74, 6) is 0.0217. The van der Waals surface area contributed by atoms with Crippen molar-refractivity contribution in [1.82, 2.24) is 4.90 Å². The number of benzene rings is 3. The Morgan fingerprint density at radius 2 is 1.43 bits per heavy atom. The van der Waals surface area contributed by atoms with Gasteiger partial charge >= 0.3 is 0 Å². The molecule has 0 spiro atoms. The highest BCUT2D eigenvalue weighted by Gasteiger charge is 2.35. The molecule has 2 nitrogen and oxygen atoms in total. The van der Waals surface area contributed by atoms with Crippen LogP contribution in [-0.2, 0) is 0 Å². The molecule has 0 bridgehead atoms. The molecule has 1 atom stereocenters. The number of carbonyl (C=O) groups excluding carboxylic acids is 1. The predicted molar refractivity (Wildman–Crippen MR) is 118 cm³/mol. The van der Waals surface area contributed by atoms with E-state index in [2.05, 4.69) is 46.8 Å². The van der Waals surface area contributed by atoms with E-state index in [9.17, 15) is 4.79 Å². The number of hydrogen-bond acceptors (Lipinski definition) is 1. The standard InChI is InChI=1S/C25H20BrNO/c1-18(19-10-4-2-5-11-19)21-16-17-27(25(28)20-12-6-3-7-13-20)24(21)22-14-8-9-15-23(22)26/h2-16,24H,1,17H2. The normalized spacial score (nSPS) is 16.0. The molecule has 1 heterocycles. The molecule has 3 aromatic rings. The van der Waals surface area contributed by atoms with Crippen LogP contribution < -0.4 is 0 Å². The summed E-state index contributed by atoms with van der Waals surface area (Å²) in [5.41, 5.74) is 4.85. The van der Waals surface area contributed by atoms with Crippen molar-refractivity contribution in [2.45, 2.75) is 6.04 Å². The third-order valence-corrected chi connectivity index (χ3v) is 5.79. The van der Waals surface area contributed by atoms with Crippen LogP contribution in [0.4, 0.5) is 0 Å². The van der Waals surface area contributed by atoms with Gasteiger partial charge in [-0.25, -0.2) is 0 Å². The molecule has 0 saturated carbocycles. The zero-order chi connectivity index (χ0) is 19.5. The van der Waals surface area contributed by atoms with Crippen molar-refractivity contribution in [2.24, 2.45) is 0 Å². The summed E-state index contributed by atoms with van der Waals surface area (Å²) in [6.07, 6.45) is 2.13. The largest absolute Gasteiger partial charge is 0.324 e. The summed E-state index contributed by atoms with van der Waals surface area (Å²) in [4.78, 5) is 15.2. The van der Waals surface area contributed by atoms with Gasteiger partial charge in [-0.1, -0.05) is 95.3 Å². The first-order chi connectivity index (χ1) is 13.7. The second-order valence-electron chi connectivity index (χ2n) is 6.75. The monoisotopic (exact) mass is 429 g/mol. The smallest absolute Gasteiger partial charge is 0.254 e. The summed E-state index contributed by atoms with van der Waals surface area (Å²) >= 11 is 3.68. The first-order valence-electron chi connectivity index (χ1n) is 9.22. The molecule has 3 heteroatoms. The molecular weight excluding hydrogens is 410 g/mol. The van der Waals surface area contributed by atoms with Crippen molar-refractivity contribution in [3.63, 3.8) is 0 Å². The molecular formula is C25H20BrNO. The Morgan fingerprint density at radius 1 is 0.857 bits per heavy atom. The van der Waals surface area contributed by atoms with E-state index in [4.69, 9.17) is 0 Å². The van der Waals surface area contributed by atoms with Gasteiger partial charge in [-0.2, -0.15) is 0 Å². The Kier molecular flexibility index (Phi) is 5.27.